The summed E-state index contributed by atoms with van der Waals surface area (Å²) in [4.78, 5) is 0. The fraction of sp³-hybridized carbons (Fsp3) is 0.333. The molecule has 0 saturated carbocycles. The Hall–Kier alpha value is -0.130. The normalized spacial score (nSPS) is 30.7. The summed E-state index contributed by atoms with van der Waals surface area (Å²) in [6.07, 6.45) is 7.09. The number of sulfonamides is 1. The molecule has 0 fully saturated rings. The van der Waals surface area contributed by atoms with Crippen LogP contribution in [0.25, 0.3) is 0 Å². The second kappa shape index (κ2) is 2.73. The molecule has 1 atom stereocenters. The number of primary sulfonamides is 1. The van der Waals surface area contributed by atoms with Gasteiger partial charge in [-0.3, -0.25) is 0 Å². The van der Waals surface area contributed by atoms with Crippen LogP contribution in [-0.4, -0.2) is 12.1 Å². The Labute approximate surface area is 74.1 Å². The van der Waals surface area contributed by atoms with Crippen LogP contribution in [-0.2, 0) is 10.0 Å². The molecule has 0 aromatic heterocycles. The summed E-state index contributed by atoms with van der Waals surface area (Å²) in [6, 6.07) is 0. The second-order valence-corrected chi connectivity index (χ2v) is 6.08. The van der Waals surface area contributed by atoms with Gasteiger partial charge >= 0.3 is 0 Å². The molecule has 0 aromatic carbocycles. The topological polar surface area (TPSA) is 60.2 Å². The Morgan fingerprint density at radius 1 is 1.45 bits per heavy atom. The summed E-state index contributed by atoms with van der Waals surface area (Å²) >= 11 is 3.07. The molecule has 1 rings (SSSR count). The molecule has 0 spiro atoms. The molecule has 0 radical (unpaired) electrons. The van der Waals surface area contributed by atoms with Gasteiger partial charge < -0.3 is 0 Å². The maximum absolute atomic E-state index is 11.0. The molecular weight excluding hydrogens is 230 g/mol. The zero-order chi connectivity index (χ0) is 8.54. The Balaban J connectivity index is 3.04. The lowest BCUT2D eigenvalue weighted by molar-refractivity contribution is 0.586. The van der Waals surface area contributed by atoms with Crippen LogP contribution in [0.5, 0.6) is 0 Å². The van der Waals surface area contributed by atoms with Gasteiger partial charge in [-0.25, -0.2) is 13.6 Å². The number of hydrogen-bond donors (Lipinski definition) is 1. The maximum Gasteiger partial charge on any atom is 0.228 e. The van der Waals surface area contributed by atoms with Gasteiger partial charge in [0.25, 0.3) is 0 Å². The van der Waals surface area contributed by atoms with Crippen molar-refractivity contribution in [3.8, 4) is 0 Å². The average Bonchev–Trinajstić information content (AvgIpc) is 1.87. The van der Waals surface area contributed by atoms with Crippen molar-refractivity contribution in [3.05, 3.63) is 24.3 Å². The van der Waals surface area contributed by atoms with Gasteiger partial charge in [0.15, 0.2) is 3.66 Å². The quantitative estimate of drug-likeness (QED) is 0.689. The minimum Gasteiger partial charge on any atom is -0.227 e. The van der Waals surface area contributed by atoms with Crippen LogP contribution >= 0.6 is 15.9 Å². The molecule has 3 nitrogen and oxygen atoms in total. The Bertz CT molecular complexity index is 307. The van der Waals surface area contributed by atoms with Gasteiger partial charge in [0, 0.05) is 6.42 Å². The molecule has 0 amide bonds. The number of allylic oxidation sites excluding steroid dienone is 3. The van der Waals surface area contributed by atoms with Crippen LogP contribution in [0.2, 0.25) is 0 Å². The second-order valence-electron chi connectivity index (χ2n) is 2.32. The minimum absolute atomic E-state index is 0.377. The van der Waals surface area contributed by atoms with Crippen LogP contribution in [0, 0.1) is 0 Å². The van der Waals surface area contributed by atoms with Crippen molar-refractivity contribution in [1.29, 1.82) is 0 Å². The zero-order valence-corrected chi connectivity index (χ0v) is 8.10. The van der Waals surface area contributed by atoms with Crippen LogP contribution in [0.3, 0.4) is 0 Å². The van der Waals surface area contributed by atoms with E-state index in [2.05, 4.69) is 15.9 Å². The van der Waals surface area contributed by atoms with Crippen molar-refractivity contribution in [1.82, 2.24) is 0 Å². The Morgan fingerprint density at radius 2 is 2.09 bits per heavy atom. The summed E-state index contributed by atoms with van der Waals surface area (Å²) < 4.78 is 20.8. The SMILES string of the molecule is NS(=O)(=O)C1(Br)C=CC=CC1. The first-order valence-corrected chi connectivity index (χ1v) is 5.35. The molecule has 1 unspecified atom stereocenters. The summed E-state index contributed by atoms with van der Waals surface area (Å²) in [6.45, 7) is 0. The minimum atomic E-state index is -3.55. The molecule has 0 aromatic rings. The number of rotatable bonds is 1. The van der Waals surface area contributed by atoms with Crippen molar-refractivity contribution < 1.29 is 8.42 Å². The summed E-state index contributed by atoms with van der Waals surface area (Å²) in [5.41, 5.74) is 0. The molecule has 11 heavy (non-hydrogen) atoms. The molecular formula is C6H8BrNO2S. The van der Waals surface area contributed by atoms with Crippen LogP contribution in [0.15, 0.2) is 24.3 Å². The smallest absolute Gasteiger partial charge is 0.227 e. The number of hydrogen-bond acceptors (Lipinski definition) is 2. The molecule has 0 heterocycles. The molecule has 0 aliphatic heterocycles. The van der Waals surface area contributed by atoms with E-state index < -0.39 is 13.7 Å². The summed E-state index contributed by atoms with van der Waals surface area (Å²) in [5, 5.41) is 4.98. The third kappa shape index (κ3) is 1.72. The van der Waals surface area contributed by atoms with Crippen LogP contribution in [0.1, 0.15) is 6.42 Å². The van der Waals surface area contributed by atoms with E-state index in [1.165, 1.54) is 6.08 Å². The fourth-order valence-corrected chi connectivity index (χ4v) is 1.72. The largest absolute Gasteiger partial charge is 0.228 e. The van der Waals surface area contributed by atoms with Crippen LogP contribution in [0.4, 0.5) is 0 Å². The maximum atomic E-state index is 11.0. The highest BCUT2D eigenvalue weighted by Crippen LogP contribution is 2.31. The van der Waals surface area contributed by atoms with E-state index in [9.17, 15) is 8.42 Å². The van der Waals surface area contributed by atoms with E-state index in [1.807, 2.05) is 0 Å². The predicted octanol–water partition coefficient (Wildman–Crippen LogP) is 0.882. The molecule has 62 valence electrons. The molecule has 5 heteroatoms. The third-order valence-corrected chi connectivity index (χ3v) is 4.65. The van der Waals surface area contributed by atoms with Crippen molar-refractivity contribution in [3.63, 3.8) is 0 Å². The first-order valence-electron chi connectivity index (χ1n) is 3.01. The monoisotopic (exact) mass is 237 g/mol. The van der Waals surface area contributed by atoms with E-state index in [0.717, 1.165) is 0 Å². The van der Waals surface area contributed by atoms with Gasteiger partial charge in [0.05, 0.1) is 0 Å². The average molecular weight is 238 g/mol. The number of nitrogens with two attached hydrogens (primary N) is 1. The van der Waals surface area contributed by atoms with E-state index in [1.54, 1.807) is 18.2 Å². The first kappa shape index (κ1) is 8.96. The summed E-state index contributed by atoms with van der Waals surface area (Å²) in [5.74, 6) is 0. The molecule has 0 bridgehead atoms. The fourth-order valence-electron chi connectivity index (χ4n) is 0.786. The van der Waals surface area contributed by atoms with Gasteiger partial charge in [0.2, 0.25) is 10.0 Å². The van der Waals surface area contributed by atoms with Gasteiger partial charge in [-0.1, -0.05) is 40.2 Å². The van der Waals surface area contributed by atoms with Crippen molar-refractivity contribution in [2.75, 3.05) is 0 Å². The molecule has 1 aliphatic carbocycles. The van der Waals surface area contributed by atoms with Gasteiger partial charge in [-0.2, -0.15) is 0 Å². The van der Waals surface area contributed by atoms with Crippen molar-refractivity contribution in [2.24, 2.45) is 5.14 Å². The van der Waals surface area contributed by atoms with Crippen molar-refractivity contribution in [2.45, 2.75) is 10.1 Å². The summed E-state index contributed by atoms with van der Waals surface area (Å²) in [7, 11) is -3.55. The number of alkyl halides is 1. The predicted molar refractivity (Wildman–Crippen MR) is 47.7 cm³/mol. The third-order valence-electron chi connectivity index (χ3n) is 1.46. The lowest BCUT2D eigenvalue weighted by Gasteiger charge is -2.20. The first-order chi connectivity index (χ1) is 4.96. The van der Waals surface area contributed by atoms with E-state index in [-0.39, 0.29) is 0 Å². The number of halogens is 1. The lowest BCUT2D eigenvalue weighted by Crippen LogP contribution is -2.36. The highest BCUT2D eigenvalue weighted by molar-refractivity contribution is 9.11. The van der Waals surface area contributed by atoms with E-state index >= 15 is 0 Å². The van der Waals surface area contributed by atoms with Crippen molar-refractivity contribution >= 4 is 26.0 Å². The van der Waals surface area contributed by atoms with Crippen LogP contribution < -0.4 is 5.14 Å². The molecule has 0 saturated heterocycles. The lowest BCUT2D eigenvalue weighted by atomic mass is 10.2. The van der Waals surface area contributed by atoms with E-state index in [0.29, 0.717) is 6.42 Å². The highest BCUT2D eigenvalue weighted by Gasteiger charge is 2.35. The molecule has 2 N–H and O–H groups in total. The van der Waals surface area contributed by atoms with Gasteiger partial charge in [0.1, 0.15) is 0 Å². The standard InChI is InChI=1S/C6H8BrNO2S/c7-6(11(8,9)10)4-2-1-3-5-6/h1-4H,5H2,(H2,8,9,10). The van der Waals surface area contributed by atoms with Gasteiger partial charge in [-0.15, -0.1) is 0 Å². The van der Waals surface area contributed by atoms with Gasteiger partial charge in [-0.05, 0) is 0 Å². The Morgan fingerprint density at radius 3 is 2.36 bits per heavy atom. The Kier molecular flexibility index (Phi) is 2.22. The van der Waals surface area contributed by atoms with E-state index in [4.69, 9.17) is 5.14 Å². The highest BCUT2D eigenvalue weighted by atomic mass is 79.9. The zero-order valence-electron chi connectivity index (χ0n) is 5.70. The molecule has 1 aliphatic rings.